The third-order valence-corrected chi connectivity index (χ3v) is 5.45. The van der Waals surface area contributed by atoms with Crippen molar-refractivity contribution in [3.63, 3.8) is 0 Å². The predicted octanol–water partition coefficient (Wildman–Crippen LogP) is 2.79. The first-order valence-electron chi connectivity index (χ1n) is 8.00. The van der Waals surface area contributed by atoms with Gasteiger partial charge in [0, 0.05) is 25.2 Å². The quantitative estimate of drug-likeness (QED) is 0.797. The van der Waals surface area contributed by atoms with Crippen LogP contribution < -0.4 is 5.73 Å². The van der Waals surface area contributed by atoms with Gasteiger partial charge in [0.2, 0.25) is 0 Å². The van der Waals surface area contributed by atoms with Crippen molar-refractivity contribution in [3.05, 3.63) is 0 Å². The van der Waals surface area contributed by atoms with Crippen molar-refractivity contribution >= 4 is 0 Å². The molecule has 1 aliphatic heterocycles. The number of hydrogen-bond donors (Lipinski definition) is 1. The van der Waals surface area contributed by atoms with Crippen LogP contribution in [0.3, 0.4) is 0 Å². The summed E-state index contributed by atoms with van der Waals surface area (Å²) in [6, 6.07) is 0. The average molecular weight is 268 g/mol. The Bertz CT molecular complexity index is 286. The number of nitrogens with zero attached hydrogens (tertiary/aromatic N) is 1. The SMILES string of the molecule is CN(CC1CCCO1)C1(CN)CCCC(C)(C)CC1. The molecule has 112 valence electrons. The summed E-state index contributed by atoms with van der Waals surface area (Å²) in [5.74, 6) is 0. The van der Waals surface area contributed by atoms with Gasteiger partial charge in [0.05, 0.1) is 6.10 Å². The highest BCUT2D eigenvalue weighted by Gasteiger charge is 2.38. The summed E-state index contributed by atoms with van der Waals surface area (Å²) in [6.07, 6.45) is 9.29. The van der Waals surface area contributed by atoms with Gasteiger partial charge in [0.25, 0.3) is 0 Å². The molecule has 3 nitrogen and oxygen atoms in total. The summed E-state index contributed by atoms with van der Waals surface area (Å²) >= 11 is 0. The van der Waals surface area contributed by atoms with Crippen molar-refractivity contribution < 1.29 is 4.74 Å². The van der Waals surface area contributed by atoms with Crippen LogP contribution in [0.2, 0.25) is 0 Å². The second kappa shape index (κ2) is 6.11. The Hall–Kier alpha value is -0.120. The molecule has 2 rings (SSSR count). The van der Waals surface area contributed by atoms with E-state index in [0.29, 0.717) is 11.5 Å². The van der Waals surface area contributed by atoms with Crippen LogP contribution in [0, 0.1) is 5.41 Å². The maximum Gasteiger partial charge on any atom is 0.0702 e. The van der Waals surface area contributed by atoms with Gasteiger partial charge >= 0.3 is 0 Å². The molecular formula is C16H32N2O. The first-order valence-corrected chi connectivity index (χ1v) is 8.00. The molecule has 2 fully saturated rings. The van der Waals surface area contributed by atoms with Gasteiger partial charge in [-0.3, -0.25) is 4.90 Å². The van der Waals surface area contributed by atoms with Gasteiger partial charge in [0.15, 0.2) is 0 Å². The molecule has 2 N–H and O–H groups in total. The normalized spacial score (nSPS) is 35.5. The predicted molar refractivity (Wildman–Crippen MR) is 80.3 cm³/mol. The van der Waals surface area contributed by atoms with Gasteiger partial charge in [-0.25, -0.2) is 0 Å². The van der Waals surface area contributed by atoms with E-state index in [1.165, 1.54) is 44.9 Å². The fraction of sp³-hybridized carbons (Fsp3) is 1.00. The van der Waals surface area contributed by atoms with E-state index in [2.05, 4.69) is 25.8 Å². The summed E-state index contributed by atoms with van der Waals surface area (Å²) in [6.45, 7) is 7.59. The molecule has 1 saturated heterocycles. The second-order valence-electron chi connectivity index (χ2n) is 7.46. The van der Waals surface area contributed by atoms with Gasteiger partial charge in [0.1, 0.15) is 0 Å². The summed E-state index contributed by atoms with van der Waals surface area (Å²) < 4.78 is 5.79. The molecule has 0 bridgehead atoms. The molecule has 2 atom stereocenters. The Morgan fingerprint density at radius 1 is 1.16 bits per heavy atom. The molecule has 0 radical (unpaired) electrons. The van der Waals surface area contributed by atoms with Crippen molar-refractivity contribution in [2.24, 2.45) is 11.1 Å². The van der Waals surface area contributed by atoms with Gasteiger partial charge < -0.3 is 10.5 Å². The van der Waals surface area contributed by atoms with Crippen LogP contribution in [0.1, 0.15) is 58.8 Å². The van der Waals surface area contributed by atoms with Gasteiger partial charge in [-0.05, 0) is 51.0 Å². The Kier molecular flexibility index (Phi) is 4.91. The smallest absolute Gasteiger partial charge is 0.0702 e. The van der Waals surface area contributed by atoms with E-state index in [9.17, 15) is 0 Å². The zero-order valence-corrected chi connectivity index (χ0v) is 13.1. The Morgan fingerprint density at radius 3 is 2.58 bits per heavy atom. The van der Waals surface area contributed by atoms with E-state index in [-0.39, 0.29) is 5.54 Å². The van der Waals surface area contributed by atoms with E-state index < -0.39 is 0 Å². The van der Waals surface area contributed by atoms with E-state index in [0.717, 1.165) is 19.7 Å². The van der Waals surface area contributed by atoms with Crippen LogP contribution >= 0.6 is 0 Å². The summed E-state index contributed by atoms with van der Waals surface area (Å²) in [5.41, 5.74) is 6.88. The van der Waals surface area contributed by atoms with Crippen molar-refractivity contribution in [3.8, 4) is 0 Å². The molecule has 2 aliphatic rings. The maximum atomic E-state index is 6.19. The van der Waals surface area contributed by atoms with E-state index >= 15 is 0 Å². The molecule has 2 unspecified atom stereocenters. The Labute approximate surface area is 118 Å². The van der Waals surface area contributed by atoms with Crippen molar-refractivity contribution in [1.82, 2.24) is 4.90 Å². The van der Waals surface area contributed by atoms with Gasteiger partial charge in [-0.2, -0.15) is 0 Å². The highest BCUT2D eigenvalue weighted by atomic mass is 16.5. The molecular weight excluding hydrogens is 236 g/mol. The lowest BCUT2D eigenvalue weighted by molar-refractivity contribution is 0.0292. The van der Waals surface area contributed by atoms with Crippen LogP contribution in [-0.4, -0.2) is 43.3 Å². The molecule has 0 amide bonds. The minimum atomic E-state index is 0.208. The standard InChI is InChI=1S/C16H32N2O/c1-15(2)7-5-8-16(13-17,10-9-15)18(3)12-14-6-4-11-19-14/h14H,4-13,17H2,1-3H3. The number of hydrogen-bond acceptors (Lipinski definition) is 3. The molecule has 19 heavy (non-hydrogen) atoms. The second-order valence-corrected chi connectivity index (χ2v) is 7.46. The third kappa shape index (κ3) is 3.71. The van der Waals surface area contributed by atoms with E-state index in [4.69, 9.17) is 10.5 Å². The van der Waals surface area contributed by atoms with Crippen molar-refractivity contribution in [2.75, 3.05) is 26.7 Å². The summed E-state index contributed by atoms with van der Waals surface area (Å²) in [7, 11) is 2.26. The molecule has 0 spiro atoms. The number of ether oxygens (including phenoxy) is 1. The maximum absolute atomic E-state index is 6.19. The minimum absolute atomic E-state index is 0.208. The Morgan fingerprint density at radius 2 is 1.95 bits per heavy atom. The molecule has 1 aliphatic carbocycles. The van der Waals surface area contributed by atoms with E-state index in [1.807, 2.05) is 0 Å². The van der Waals surface area contributed by atoms with Crippen LogP contribution in [0.5, 0.6) is 0 Å². The molecule has 0 aromatic heterocycles. The fourth-order valence-corrected chi connectivity index (χ4v) is 3.75. The lowest BCUT2D eigenvalue weighted by atomic mass is 9.83. The third-order valence-electron chi connectivity index (χ3n) is 5.45. The van der Waals surface area contributed by atoms with Gasteiger partial charge in [-0.15, -0.1) is 0 Å². The van der Waals surface area contributed by atoms with E-state index in [1.54, 1.807) is 0 Å². The topological polar surface area (TPSA) is 38.5 Å². The van der Waals surface area contributed by atoms with Crippen LogP contribution in [0.25, 0.3) is 0 Å². The summed E-state index contributed by atoms with van der Waals surface area (Å²) in [5, 5.41) is 0. The number of rotatable bonds is 4. The zero-order valence-electron chi connectivity index (χ0n) is 13.1. The summed E-state index contributed by atoms with van der Waals surface area (Å²) in [4.78, 5) is 2.52. The first kappa shape index (κ1) is 15.3. The number of nitrogens with two attached hydrogens (primary N) is 1. The monoisotopic (exact) mass is 268 g/mol. The highest BCUT2D eigenvalue weighted by Crippen LogP contribution is 2.40. The fourth-order valence-electron chi connectivity index (χ4n) is 3.75. The van der Waals surface area contributed by atoms with Crippen LogP contribution in [0.15, 0.2) is 0 Å². The van der Waals surface area contributed by atoms with Crippen LogP contribution in [0.4, 0.5) is 0 Å². The molecule has 0 aromatic carbocycles. The zero-order chi connectivity index (χ0) is 13.9. The lowest BCUT2D eigenvalue weighted by Crippen LogP contribution is -2.54. The largest absolute Gasteiger partial charge is 0.377 e. The number of likely N-dealkylation sites (N-methyl/N-ethyl adjacent to an activating group) is 1. The molecule has 1 heterocycles. The van der Waals surface area contributed by atoms with Crippen molar-refractivity contribution in [2.45, 2.75) is 70.4 Å². The highest BCUT2D eigenvalue weighted by molar-refractivity contribution is 4.95. The lowest BCUT2D eigenvalue weighted by Gasteiger charge is -2.42. The first-order chi connectivity index (χ1) is 8.97. The van der Waals surface area contributed by atoms with Gasteiger partial charge in [-0.1, -0.05) is 20.3 Å². The Balaban J connectivity index is 1.99. The molecule has 0 aromatic rings. The van der Waals surface area contributed by atoms with Crippen LogP contribution in [-0.2, 0) is 4.74 Å². The average Bonchev–Trinajstić information content (AvgIpc) is 2.80. The molecule has 3 heteroatoms. The minimum Gasteiger partial charge on any atom is -0.377 e. The van der Waals surface area contributed by atoms with Crippen molar-refractivity contribution in [1.29, 1.82) is 0 Å². The molecule has 1 saturated carbocycles.